The number of hydrogen-bond acceptors (Lipinski definition) is 3. The van der Waals surface area contributed by atoms with Crippen molar-refractivity contribution in [2.24, 2.45) is 15.8 Å². The van der Waals surface area contributed by atoms with Gasteiger partial charge in [-0.1, -0.05) is 0 Å². The molecule has 17 heavy (non-hydrogen) atoms. The molecule has 0 amide bonds. The summed E-state index contributed by atoms with van der Waals surface area (Å²) >= 11 is 0. The third-order valence-electron chi connectivity index (χ3n) is 3.19. The van der Waals surface area contributed by atoms with Gasteiger partial charge in [0.2, 0.25) is 0 Å². The van der Waals surface area contributed by atoms with Crippen LogP contribution in [0.1, 0.15) is 30.0 Å². The van der Waals surface area contributed by atoms with Crippen LogP contribution >= 0.6 is 0 Å². The van der Waals surface area contributed by atoms with Gasteiger partial charge in [0, 0.05) is 33.2 Å². The van der Waals surface area contributed by atoms with Crippen LogP contribution in [0.5, 0.6) is 0 Å². The molecular formula is C12H18N4O. The largest absolute Gasteiger partial charge is 0.382 e. The number of nitrogens with two attached hydrogens (primary N) is 1. The zero-order valence-corrected chi connectivity index (χ0v) is 10.1. The molecule has 0 radical (unpaired) electrons. The first-order valence-corrected chi connectivity index (χ1v) is 5.76. The Labute approximate surface area is 101 Å². The summed E-state index contributed by atoms with van der Waals surface area (Å²) < 4.78 is 7.06. The van der Waals surface area contributed by atoms with E-state index in [0.717, 1.165) is 31.7 Å². The maximum Gasteiger partial charge on any atom is 0.144 e. The van der Waals surface area contributed by atoms with Crippen LogP contribution in [0.15, 0.2) is 22.4 Å². The van der Waals surface area contributed by atoms with Gasteiger partial charge in [0.25, 0.3) is 0 Å². The second kappa shape index (κ2) is 5.14. The van der Waals surface area contributed by atoms with E-state index in [1.807, 2.05) is 6.20 Å². The van der Waals surface area contributed by atoms with E-state index in [4.69, 9.17) is 10.5 Å². The molecule has 0 spiro atoms. The van der Waals surface area contributed by atoms with Crippen LogP contribution in [0, 0.1) is 0 Å². The van der Waals surface area contributed by atoms with Gasteiger partial charge in [-0.05, 0) is 30.4 Å². The average Bonchev–Trinajstić information content (AvgIpc) is 2.82. The Kier molecular flexibility index (Phi) is 3.58. The van der Waals surface area contributed by atoms with Crippen molar-refractivity contribution in [2.45, 2.75) is 18.8 Å². The number of rotatable bonds is 3. The highest BCUT2D eigenvalue weighted by molar-refractivity contribution is 5.97. The van der Waals surface area contributed by atoms with Crippen LogP contribution in [0.2, 0.25) is 0 Å². The standard InChI is InChI=1S/C12H18N4O/c1-14-12(13)11-10(3-6-16(11)15-2)9-4-7-17-8-5-9/h3,6,9H,2,4-5,7-8H2,1H3,(H2,13,14). The van der Waals surface area contributed by atoms with E-state index in [2.05, 4.69) is 22.9 Å². The van der Waals surface area contributed by atoms with Crippen molar-refractivity contribution in [1.29, 1.82) is 0 Å². The molecule has 0 saturated carbocycles. The zero-order valence-electron chi connectivity index (χ0n) is 10.1. The molecule has 1 aromatic rings. The predicted molar refractivity (Wildman–Crippen MR) is 68.8 cm³/mol. The fraction of sp³-hybridized carbons (Fsp3) is 0.500. The van der Waals surface area contributed by atoms with Crippen molar-refractivity contribution >= 4 is 12.6 Å². The number of aromatic nitrogens is 1. The van der Waals surface area contributed by atoms with Gasteiger partial charge in [-0.2, -0.15) is 5.10 Å². The monoisotopic (exact) mass is 234 g/mol. The summed E-state index contributed by atoms with van der Waals surface area (Å²) in [5.74, 6) is 0.978. The first-order valence-electron chi connectivity index (χ1n) is 5.76. The van der Waals surface area contributed by atoms with E-state index in [1.165, 1.54) is 5.56 Å². The lowest BCUT2D eigenvalue weighted by molar-refractivity contribution is 0.0853. The summed E-state index contributed by atoms with van der Waals surface area (Å²) in [6.07, 6.45) is 3.92. The van der Waals surface area contributed by atoms with Gasteiger partial charge in [-0.25, -0.2) is 4.68 Å². The second-order valence-electron chi connectivity index (χ2n) is 4.10. The van der Waals surface area contributed by atoms with Gasteiger partial charge >= 0.3 is 0 Å². The minimum Gasteiger partial charge on any atom is -0.382 e. The molecule has 2 N–H and O–H groups in total. The Morgan fingerprint density at radius 1 is 1.53 bits per heavy atom. The number of ether oxygens (including phenoxy) is 1. The Hall–Kier alpha value is -1.62. The molecule has 2 rings (SSSR count). The number of nitrogens with zero attached hydrogens (tertiary/aromatic N) is 3. The Balaban J connectivity index is 2.39. The minimum atomic E-state index is 0.474. The zero-order chi connectivity index (χ0) is 12.3. The molecule has 2 heterocycles. The van der Waals surface area contributed by atoms with Crippen molar-refractivity contribution in [3.8, 4) is 0 Å². The molecule has 1 saturated heterocycles. The Bertz CT molecular complexity index is 430. The molecule has 0 bridgehead atoms. The van der Waals surface area contributed by atoms with Crippen molar-refractivity contribution in [3.05, 3.63) is 23.5 Å². The lowest BCUT2D eigenvalue weighted by atomic mass is 9.91. The maximum absolute atomic E-state index is 5.93. The van der Waals surface area contributed by atoms with Gasteiger partial charge in [0.05, 0.1) is 0 Å². The summed E-state index contributed by atoms with van der Waals surface area (Å²) in [4.78, 5) is 4.05. The molecular weight excluding hydrogens is 216 g/mol. The summed E-state index contributed by atoms with van der Waals surface area (Å²) in [5.41, 5.74) is 8.00. The van der Waals surface area contributed by atoms with E-state index in [0.29, 0.717) is 11.8 Å². The third kappa shape index (κ3) is 2.24. The lowest BCUT2D eigenvalue weighted by Gasteiger charge is -2.22. The second-order valence-corrected chi connectivity index (χ2v) is 4.10. The third-order valence-corrected chi connectivity index (χ3v) is 3.19. The summed E-state index contributed by atoms with van der Waals surface area (Å²) in [5, 5.41) is 3.93. The van der Waals surface area contributed by atoms with Crippen molar-refractivity contribution in [2.75, 3.05) is 20.3 Å². The SMILES string of the molecule is C=Nn1ccc(C2CCOCC2)c1C(N)=NC. The van der Waals surface area contributed by atoms with Crippen LogP contribution in [-0.2, 0) is 4.74 Å². The van der Waals surface area contributed by atoms with E-state index in [9.17, 15) is 0 Å². The van der Waals surface area contributed by atoms with Gasteiger partial charge < -0.3 is 10.5 Å². The fourth-order valence-electron chi connectivity index (χ4n) is 2.26. The Morgan fingerprint density at radius 3 is 2.82 bits per heavy atom. The topological polar surface area (TPSA) is 64.9 Å². The first-order chi connectivity index (χ1) is 8.27. The van der Waals surface area contributed by atoms with Crippen LogP contribution in [0.3, 0.4) is 0 Å². The van der Waals surface area contributed by atoms with Crippen molar-refractivity contribution < 1.29 is 4.74 Å². The fourth-order valence-corrected chi connectivity index (χ4v) is 2.26. The molecule has 0 unspecified atom stereocenters. The maximum atomic E-state index is 5.93. The Morgan fingerprint density at radius 2 is 2.24 bits per heavy atom. The summed E-state index contributed by atoms with van der Waals surface area (Å²) in [6, 6.07) is 2.05. The summed E-state index contributed by atoms with van der Waals surface area (Å²) in [7, 11) is 1.68. The van der Waals surface area contributed by atoms with E-state index < -0.39 is 0 Å². The van der Waals surface area contributed by atoms with Crippen LogP contribution < -0.4 is 5.73 Å². The highest BCUT2D eigenvalue weighted by Gasteiger charge is 2.22. The van der Waals surface area contributed by atoms with Gasteiger partial charge in [-0.15, -0.1) is 0 Å². The van der Waals surface area contributed by atoms with Gasteiger partial charge in [-0.3, -0.25) is 4.99 Å². The van der Waals surface area contributed by atoms with E-state index >= 15 is 0 Å². The molecule has 0 aromatic carbocycles. The van der Waals surface area contributed by atoms with Crippen molar-refractivity contribution in [1.82, 2.24) is 4.68 Å². The molecule has 1 aliphatic heterocycles. The molecule has 5 heteroatoms. The van der Waals surface area contributed by atoms with E-state index in [1.54, 1.807) is 11.7 Å². The van der Waals surface area contributed by atoms with Crippen LogP contribution in [-0.4, -0.2) is 37.5 Å². The predicted octanol–water partition coefficient (Wildman–Crippen LogP) is 1.18. The lowest BCUT2D eigenvalue weighted by Crippen LogP contribution is -2.22. The smallest absolute Gasteiger partial charge is 0.144 e. The quantitative estimate of drug-likeness (QED) is 0.630. The normalized spacial score (nSPS) is 18.3. The molecule has 92 valence electrons. The highest BCUT2D eigenvalue weighted by atomic mass is 16.5. The van der Waals surface area contributed by atoms with Crippen molar-refractivity contribution in [3.63, 3.8) is 0 Å². The molecule has 1 aromatic heterocycles. The molecule has 1 aliphatic rings. The molecule has 1 fully saturated rings. The van der Waals surface area contributed by atoms with Crippen LogP contribution in [0.4, 0.5) is 0 Å². The number of amidine groups is 1. The number of hydrogen-bond donors (Lipinski definition) is 1. The average molecular weight is 234 g/mol. The minimum absolute atomic E-state index is 0.474. The van der Waals surface area contributed by atoms with Gasteiger partial charge in [0.15, 0.2) is 0 Å². The van der Waals surface area contributed by atoms with Gasteiger partial charge in [0.1, 0.15) is 11.5 Å². The first kappa shape index (κ1) is 11.9. The molecule has 5 nitrogen and oxygen atoms in total. The summed E-state index contributed by atoms with van der Waals surface area (Å²) in [6.45, 7) is 5.16. The highest BCUT2D eigenvalue weighted by Crippen LogP contribution is 2.30. The molecule has 0 atom stereocenters. The van der Waals surface area contributed by atoms with E-state index in [-0.39, 0.29) is 0 Å². The number of aliphatic imine (C=N–C) groups is 1. The van der Waals surface area contributed by atoms with Crippen LogP contribution in [0.25, 0.3) is 0 Å². The molecule has 0 aliphatic carbocycles.